The first-order chi connectivity index (χ1) is 8.96. The van der Waals surface area contributed by atoms with Crippen LogP contribution in [0.25, 0.3) is 11.5 Å². The van der Waals surface area contributed by atoms with E-state index in [-0.39, 0.29) is 17.3 Å². The van der Waals surface area contributed by atoms with Crippen LogP contribution in [0, 0.1) is 6.92 Å². The summed E-state index contributed by atoms with van der Waals surface area (Å²) in [6.07, 6.45) is -2.32. The third-order valence-corrected chi connectivity index (χ3v) is 2.22. The average Bonchev–Trinajstić information content (AvgIpc) is 2.81. The van der Waals surface area contributed by atoms with Gasteiger partial charge in [-0.3, -0.25) is 4.79 Å². The molecule has 88 valence electrons. The molecule has 0 amide bonds. The molecule has 17 heavy (non-hydrogen) atoms. The summed E-state index contributed by atoms with van der Waals surface area (Å²) in [5.41, 5.74) is 0.663. The molecule has 1 aromatic heterocycles. The van der Waals surface area contributed by atoms with Crippen LogP contribution in [0.2, 0.25) is 0 Å². The van der Waals surface area contributed by atoms with Crippen molar-refractivity contribution < 1.29 is 16.7 Å². The van der Waals surface area contributed by atoms with Gasteiger partial charge in [0.1, 0.15) is 5.76 Å². The van der Waals surface area contributed by atoms with Gasteiger partial charge in [-0.05, 0) is 19.1 Å². The second-order valence-electron chi connectivity index (χ2n) is 3.41. The molecule has 0 fully saturated rings. The summed E-state index contributed by atoms with van der Waals surface area (Å²) in [5.74, 6) is -0.460. The third kappa shape index (κ3) is 2.53. The predicted octanol–water partition coefficient (Wildman–Crippen LogP) is 2.37. The van der Waals surface area contributed by atoms with E-state index in [0.29, 0.717) is 0 Å². The summed E-state index contributed by atoms with van der Waals surface area (Å²) < 4.78 is 25.4. The summed E-state index contributed by atoms with van der Waals surface area (Å²) in [6, 6.07) is 9.09. The van der Waals surface area contributed by atoms with Crippen molar-refractivity contribution in [2.75, 3.05) is 7.11 Å². The van der Waals surface area contributed by atoms with E-state index >= 15 is 0 Å². The van der Waals surface area contributed by atoms with Gasteiger partial charge in [0.2, 0.25) is 5.89 Å². The molecule has 1 heterocycles. The van der Waals surface area contributed by atoms with Gasteiger partial charge in [0.25, 0.3) is 0 Å². The standard InChI is InChI=1S/C13H13NO3/c1-9-11(8-12(15)16-2)14-13(17-9)10-6-4-3-5-7-10/h3-7H,8H2,1-2H3/i8D2. The fourth-order valence-corrected chi connectivity index (χ4v) is 1.36. The Bertz CT molecular complexity index is 593. The maximum atomic E-state index is 11.5. The summed E-state index contributed by atoms with van der Waals surface area (Å²) in [4.78, 5) is 15.5. The number of oxazole rings is 1. The molecule has 0 N–H and O–H groups in total. The first kappa shape index (κ1) is 8.98. The predicted molar refractivity (Wildman–Crippen MR) is 62.4 cm³/mol. The zero-order valence-corrected chi connectivity index (χ0v) is 9.56. The summed E-state index contributed by atoms with van der Waals surface area (Å²) in [5, 5.41) is 0. The van der Waals surface area contributed by atoms with Crippen LogP contribution < -0.4 is 0 Å². The van der Waals surface area contributed by atoms with Gasteiger partial charge in [0.15, 0.2) is 0 Å². The summed E-state index contributed by atoms with van der Waals surface area (Å²) in [7, 11) is 1.13. The zero-order valence-electron chi connectivity index (χ0n) is 11.6. The minimum Gasteiger partial charge on any atom is -0.469 e. The molecular weight excluding hydrogens is 218 g/mol. The van der Waals surface area contributed by atoms with Gasteiger partial charge >= 0.3 is 5.97 Å². The van der Waals surface area contributed by atoms with Gasteiger partial charge < -0.3 is 9.15 Å². The number of aryl methyl sites for hydroxylation is 1. The van der Waals surface area contributed by atoms with Crippen LogP contribution in [0.4, 0.5) is 0 Å². The molecule has 0 unspecified atom stereocenters. The number of rotatable bonds is 3. The van der Waals surface area contributed by atoms with Crippen molar-refractivity contribution in [3.8, 4) is 11.5 Å². The Labute approximate surface area is 102 Å². The van der Waals surface area contributed by atoms with Crippen LogP contribution in [0.1, 0.15) is 14.2 Å². The maximum absolute atomic E-state index is 11.5. The zero-order chi connectivity index (χ0) is 14.0. The molecule has 0 atom stereocenters. The molecule has 2 aromatic rings. The SMILES string of the molecule is [2H]C([2H])(C(=O)OC)c1nc(-c2ccccc2)oc1C. The van der Waals surface area contributed by atoms with E-state index in [4.69, 9.17) is 7.16 Å². The molecule has 0 aliphatic rings. The van der Waals surface area contributed by atoms with Gasteiger partial charge in [-0.1, -0.05) is 18.2 Å². The number of methoxy groups -OCH3 is 1. The number of hydrogen-bond acceptors (Lipinski definition) is 4. The first-order valence-corrected chi connectivity index (χ1v) is 5.08. The van der Waals surface area contributed by atoms with Gasteiger partial charge in [0.05, 0.1) is 19.2 Å². The third-order valence-electron chi connectivity index (χ3n) is 2.22. The van der Waals surface area contributed by atoms with Gasteiger partial charge in [0, 0.05) is 8.30 Å². The average molecular weight is 233 g/mol. The lowest BCUT2D eigenvalue weighted by atomic mass is 10.2. The molecule has 2 rings (SSSR count). The lowest BCUT2D eigenvalue weighted by Crippen LogP contribution is -2.05. The van der Waals surface area contributed by atoms with Crippen molar-refractivity contribution in [3.63, 3.8) is 0 Å². The smallest absolute Gasteiger partial charge is 0.311 e. The highest BCUT2D eigenvalue weighted by molar-refractivity contribution is 5.72. The molecule has 0 aliphatic carbocycles. The van der Waals surface area contributed by atoms with Gasteiger partial charge in [-0.25, -0.2) is 4.98 Å². The van der Waals surface area contributed by atoms with E-state index in [1.54, 1.807) is 19.1 Å². The quantitative estimate of drug-likeness (QED) is 0.764. The fourth-order valence-electron chi connectivity index (χ4n) is 1.36. The maximum Gasteiger partial charge on any atom is 0.311 e. The molecule has 1 aromatic carbocycles. The van der Waals surface area contributed by atoms with E-state index in [0.717, 1.165) is 12.7 Å². The van der Waals surface area contributed by atoms with E-state index in [1.165, 1.54) is 0 Å². The van der Waals surface area contributed by atoms with Crippen LogP contribution >= 0.6 is 0 Å². The number of carbonyl (C=O) groups excluding carboxylic acids is 1. The van der Waals surface area contributed by atoms with Crippen LogP contribution in [0.3, 0.4) is 0 Å². The van der Waals surface area contributed by atoms with Crippen molar-refractivity contribution in [3.05, 3.63) is 41.8 Å². The van der Waals surface area contributed by atoms with Gasteiger partial charge in [-0.15, -0.1) is 0 Å². The van der Waals surface area contributed by atoms with Crippen LogP contribution in [0.15, 0.2) is 34.7 Å². The number of carbonyl (C=O) groups is 1. The number of nitrogens with zero attached hydrogens (tertiary/aromatic N) is 1. The second kappa shape index (κ2) is 4.82. The molecule has 0 saturated heterocycles. The normalized spacial score (nSPS) is 12.8. The molecule has 0 aliphatic heterocycles. The Morgan fingerprint density at radius 2 is 2.18 bits per heavy atom. The monoisotopic (exact) mass is 233 g/mol. The minimum absolute atomic E-state index is 0.0572. The Kier molecular flexibility index (Phi) is 2.55. The number of aromatic nitrogens is 1. The van der Waals surface area contributed by atoms with Crippen molar-refractivity contribution in [2.24, 2.45) is 0 Å². The molecule has 0 saturated carbocycles. The molecule has 4 heteroatoms. The van der Waals surface area contributed by atoms with Crippen molar-refractivity contribution in [1.82, 2.24) is 4.98 Å². The highest BCUT2D eigenvalue weighted by atomic mass is 16.5. The molecule has 0 bridgehead atoms. The Balaban J connectivity index is 2.45. The fraction of sp³-hybridized carbons (Fsp3) is 0.231. The Morgan fingerprint density at radius 3 is 2.82 bits per heavy atom. The Hall–Kier alpha value is -2.10. The largest absolute Gasteiger partial charge is 0.469 e. The van der Waals surface area contributed by atoms with Crippen molar-refractivity contribution in [2.45, 2.75) is 13.3 Å². The molecule has 4 nitrogen and oxygen atoms in total. The number of benzene rings is 1. The summed E-state index contributed by atoms with van der Waals surface area (Å²) >= 11 is 0. The topological polar surface area (TPSA) is 52.3 Å². The highest BCUT2D eigenvalue weighted by Gasteiger charge is 2.14. The van der Waals surface area contributed by atoms with Crippen LogP contribution in [-0.2, 0) is 15.9 Å². The van der Waals surface area contributed by atoms with Crippen molar-refractivity contribution in [1.29, 1.82) is 0 Å². The Morgan fingerprint density at radius 1 is 1.47 bits per heavy atom. The second-order valence-corrected chi connectivity index (χ2v) is 3.41. The summed E-state index contributed by atoms with van der Waals surface area (Å²) in [6.45, 7) is 1.57. The van der Waals surface area contributed by atoms with E-state index in [2.05, 4.69) is 9.72 Å². The minimum atomic E-state index is -2.32. The lowest BCUT2D eigenvalue weighted by molar-refractivity contribution is -0.139. The van der Waals surface area contributed by atoms with Crippen molar-refractivity contribution >= 4 is 5.97 Å². The van der Waals surface area contributed by atoms with Crippen LogP contribution in [0.5, 0.6) is 0 Å². The van der Waals surface area contributed by atoms with E-state index in [1.807, 2.05) is 18.2 Å². The van der Waals surface area contributed by atoms with Crippen LogP contribution in [-0.4, -0.2) is 18.1 Å². The molecular formula is C13H13NO3. The lowest BCUT2D eigenvalue weighted by Gasteiger charge is -1.94. The van der Waals surface area contributed by atoms with E-state index < -0.39 is 12.3 Å². The number of hydrogen-bond donors (Lipinski definition) is 0. The highest BCUT2D eigenvalue weighted by Crippen LogP contribution is 2.21. The molecule has 0 radical (unpaired) electrons. The number of esters is 1. The molecule has 0 spiro atoms. The number of ether oxygens (including phenoxy) is 1. The van der Waals surface area contributed by atoms with E-state index in [9.17, 15) is 4.79 Å². The van der Waals surface area contributed by atoms with Gasteiger partial charge in [-0.2, -0.15) is 0 Å². The first-order valence-electron chi connectivity index (χ1n) is 6.08.